The summed E-state index contributed by atoms with van der Waals surface area (Å²) >= 11 is 0. The van der Waals surface area contributed by atoms with Crippen molar-refractivity contribution in [1.82, 2.24) is 0 Å². The highest BCUT2D eigenvalue weighted by molar-refractivity contribution is 5.15. The minimum atomic E-state index is -1.46. The molecule has 6 nitrogen and oxygen atoms in total. The lowest BCUT2D eigenvalue weighted by atomic mass is 10.00. The van der Waals surface area contributed by atoms with E-state index in [1.54, 1.807) is 6.92 Å². The number of rotatable bonds is 9. The molecule has 0 aromatic heterocycles. The summed E-state index contributed by atoms with van der Waals surface area (Å²) in [4.78, 5) is 0. The summed E-state index contributed by atoms with van der Waals surface area (Å²) in [6.07, 6.45) is 0.0660. The molecule has 6 heteroatoms. The van der Waals surface area contributed by atoms with E-state index in [0.717, 1.165) is 25.7 Å². The fourth-order valence-electron chi connectivity index (χ4n) is 2.51. The smallest absolute Gasteiger partial charge is 0.165 e. The Labute approximate surface area is 132 Å². The lowest BCUT2D eigenvalue weighted by molar-refractivity contribution is -0.127. The van der Waals surface area contributed by atoms with Crippen LogP contribution >= 0.6 is 0 Å². The maximum absolute atomic E-state index is 9.94. The molecule has 0 spiro atoms. The summed E-state index contributed by atoms with van der Waals surface area (Å²) in [7, 11) is 0. The summed E-state index contributed by atoms with van der Waals surface area (Å²) in [5.41, 5.74) is 0. The van der Waals surface area contributed by atoms with E-state index in [0.29, 0.717) is 12.5 Å². The molecule has 130 valence electrons. The molecule has 5 unspecified atom stereocenters. The van der Waals surface area contributed by atoms with E-state index < -0.39 is 36.8 Å². The number of unbranched alkanes of at least 4 members (excludes halogenated alkanes) is 1. The highest BCUT2D eigenvalue weighted by Crippen LogP contribution is 2.27. The quantitative estimate of drug-likeness (QED) is 0.514. The molecular weight excluding hydrogens is 288 g/mol. The van der Waals surface area contributed by atoms with Gasteiger partial charge in [0.2, 0.25) is 0 Å². The molecular formula is C16H30O6. The van der Waals surface area contributed by atoms with E-state index in [4.69, 9.17) is 9.47 Å². The Balaban J connectivity index is 2.64. The molecule has 0 aromatic carbocycles. The zero-order chi connectivity index (χ0) is 16.7. The van der Waals surface area contributed by atoms with E-state index in [1.165, 1.54) is 0 Å². The van der Waals surface area contributed by atoms with Crippen molar-refractivity contribution < 1.29 is 29.9 Å². The Morgan fingerprint density at radius 3 is 2.50 bits per heavy atom. The molecule has 1 aliphatic rings. The Bertz CT molecular complexity index is 357. The van der Waals surface area contributed by atoms with Gasteiger partial charge in [-0.3, -0.25) is 0 Å². The van der Waals surface area contributed by atoms with Gasteiger partial charge in [0.05, 0.1) is 13.2 Å². The first-order chi connectivity index (χ1) is 10.5. The predicted octanol–water partition coefficient (Wildman–Crippen LogP) is 1.49. The van der Waals surface area contributed by atoms with Crippen molar-refractivity contribution >= 4 is 0 Å². The van der Waals surface area contributed by atoms with Crippen LogP contribution in [-0.4, -0.2) is 58.1 Å². The van der Waals surface area contributed by atoms with Crippen LogP contribution in [-0.2, 0) is 9.47 Å². The molecule has 0 aliphatic carbocycles. The zero-order valence-corrected chi connectivity index (χ0v) is 13.7. The summed E-state index contributed by atoms with van der Waals surface area (Å²) in [6.45, 7) is 6.08. The number of hydrogen-bond donors (Lipinski definition) is 4. The molecule has 22 heavy (non-hydrogen) atoms. The van der Waals surface area contributed by atoms with Crippen LogP contribution in [0.1, 0.15) is 46.5 Å². The van der Waals surface area contributed by atoms with Gasteiger partial charge in [0, 0.05) is 0 Å². The van der Waals surface area contributed by atoms with E-state index in [2.05, 4.69) is 13.8 Å². The third kappa shape index (κ3) is 4.84. The van der Waals surface area contributed by atoms with Gasteiger partial charge in [0.25, 0.3) is 0 Å². The second kappa shape index (κ2) is 9.35. The second-order valence-electron chi connectivity index (χ2n) is 5.92. The van der Waals surface area contributed by atoms with Crippen molar-refractivity contribution in [3.8, 4) is 0 Å². The topological polar surface area (TPSA) is 99.4 Å². The van der Waals surface area contributed by atoms with Crippen LogP contribution in [0.25, 0.3) is 0 Å². The number of aliphatic hydroxyl groups excluding tert-OH is 4. The van der Waals surface area contributed by atoms with Crippen molar-refractivity contribution in [2.45, 2.75) is 70.9 Å². The van der Waals surface area contributed by atoms with Crippen molar-refractivity contribution in [2.24, 2.45) is 5.92 Å². The molecule has 1 aliphatic heterocycles. The molecule has 0 saturated carbocycles. The van der Waals surface area contributed by atoms with Crippen LogP contribution < -0.4 is 0 Å². The molecule has 0 saturated heterocycles. The van der Waals surface area contributed by atoms with Gasteiger partial charge >= 0.3 is 0 Å². The minimum Gasteiger partial charge on any atom is -0.506 e. The molecule has 0 radical (unpaired) electrons. The predicted molar refractivity (Wildman–Crippen MR) is 82.3 cm³/mol. The molecule has 0 aromatic rings. The van der Waals surface area contributed by atoms with E-state index >= 15 is 0 Å². The number of aliphatic hydroxyl groups is 4. The first kappa shape index (κ1) is 19.2. The Morgan fingerprint density at radius 2 is 1.95 bits per heavy atom. The van der Waals surface area contributed by atoms with Crippen LogP contribution in [0, 0.1) is 5.92 Å². The maximum atomic E-state index is 9.94. The Hall–Kier alpha value is -0.820. The average molecular weight is 318 g/mol. The van der Waals surface area contributed by atoms with E-state index in [-0.39, 0.29) is 5.76 Å². The maximum Gasteiger partial charge on any atom is 0.165 e. The Kier molecular flexibility index (Phi) is 8.17. The van der Waals surface area contributed by atoms with E-state index in [1.807, 2.05) is 0 Å². The monoisotopic (exact) mass is 318 g/mol. The van der Waals surface area contributed by atoms with Gasteiger partial charge in [-0.25, -0.2) is 0 Å². The second-order valence-corrected chi connectivity index (χ2v) is 5.92. The van der Waals surface area contributed by atoms with Crippen molar-refractivity contribution in [3.05, 3.63) is 11.5 Å². The largest absolute Gasteiger partial charge is 0.506 e. The fraction of sp³-hybridized carbons (Fsp3) is 0.875. The van der Waals surface area contributed by atoms with Gasteiger partial charge in [0.15, 0.2) is 17.6 Å². The SMILES string of the molecule is CCCCC(CC)COC(C)C1=C(O)C(O)C(O)C(CO)O1. The van der Waals surface area contributed by atoms with Crippen LogP contribution in [0.15, 0.2) is 11.5 Å². The lowest BCUT2D eigenvalue weighted by Crippen LogP contribution is -2.47. The molecule has 1 rings (SSSR count). The highest BCUT2D eigenvalue weighted by atomic mass is 16.6. The van der Waals surface area contributed by atoms with Gasteiger partial charge in [-0.15, -0.1) is 0 Å². The van der Waals surface area contributed by atoms with E-state index in [9.17, 15) is 20.4 Å². The molecule has 0 amide bonds. The molecule has 0 bridgehead atoms. The van der Waals surface area contributed by atoms with Crippen molar-refractivity contribution in [1.29, 1.82) is 0 Å². The third-order valence-corrected chi connectivity index (χ3v) is 4.19. The third-order valence-electron chi connectivity index (χ3n) is 4.19. The summed E-state index contributed by atoms with van der Waals surface area (Å²) in [5, 5.41) is 38.6. The van der Waals surface area contributed by atoms with Gasteiger partial charge in [-0.1, -0.05) is 33.1 Å². The number of ether oxygens (including phenoxy) is 2. The van der Waals surface area contributed by atoms with Crippen molar-refractivity contribution in [3.63, 3.8) is 0 Å². The zero-order valence-electron chi connectivity index (χ0n) is 13.7. The fourth-order valence-corrected chi connectivity index (χ4v) is 2.51. The normalized spacial score (nSPS) is 28.4. The van der Waals surface area contributed by atoms with Crippen LogP contribution in [0.5, 0.6) is 0 Å². The summed E-state index contributed by atoms with van der Waals surface area (Å²) in [5.74, 6) is 0.103. The Morgan fingerprint density at radius 1 is 1.27 bits per heavy atom. The standard InChI is InChI=1S/C16H30O6/c1-4-6-7-11(5-2)9-21-10(3)16-15(20)14(19)13(18)12(8-17)22-16/h10-14,17-20H,4-9H2,1-3H3. The molecule has 4 N–H and O–H groups in total. The minimum absolute atomic E-state index is 0.0854. The van der Waals surface area contributed by atoms with Crippen LogP contribution in [0.3, 0.4) is 0 Å². The van der Waals surface area contributed by atoms with Gasteiger partial charge in [-0.2, -0.15) is 0 Å². The van der Waals surface area contributed by atoms with Crippen LogP contribution in [0.2, 0.25) is 0 Å². The van der Waals surface area contributed by atoms with Gasteiger partial charge in [-0.05, 0) is 19.3 Å². The van der Waals surface area contributed by atoms with Gasteiger partial charge < -0.3 is 29.9 Å². The summed E-state index contributed by atoms with van der Waals surface area (Å²) in [6, 6.07) is 0. The van der Waals surface area contributed by atoms with Gasteiger partial charge in [0.1, 0.15) is 18.3 Å². The summed E-state index contributed by atoms with van der Waals surface area (Å²) < 4.78 is 11.1. The van der Waals surface area contributed by atoms with Crippen LogP contribution in [0.4, 0.5) is 0 Å². The molecule has 5 atom stereocenters. The first-order valence-corrected chi connectivity index (χ1v) is 8.14. The average Bonchev–Trinajstić information content (AvgIpc) is 2.53. The van der Waals surface area contributed by atoms with Crippen molar-refractivity contribution in [2.75, 3.05) is 13.2 Å². The molecule has 0 fully saturated rings. The number of hydrogen-bond acceptors (Lipinski definition) is 6. The molecule has 1 heterocycles. The lowest BCUT2D eigenvalue weighted by Gasteiger charge is -2.34. The highest BCUT2D eigenvalue weighted by Gasteiger charge is 2.39. The first-order valence-electron chi connectivity index (χ1n) is 8.14.